The molecule has 0 spiro atoms. The first-order valence-corrected chi connectivity index (χ1v) is 7.67. The second kappa shape index (κ2) is 10.8. The van der Waals surface area contributed by atoms with E-state index in [1.807, 2.05) is 6.92 Å². The number of unbranched alkanes of at least 4 members (excludes halogenated alkanes) is 2. The molecule has 4 heteroatoms. The Morgan fingerprint density at radius 3 is 1.72 bits per heavy atom. The predicted octanol–water partition coefficient (Wildman–Crippen LogP) is 4.91. The summed E-state index contributed by atoms with van der Waals surface area (Å²) >= 11 is 11.0. The van der Waals surface area contributed by atoms with Gasteiger partial charge in [0, 0.05) is 11.8 Å². The van der Waals surface area contributed by atoms with Crippen LogP contribution in [-0.4, -0.2) is 10.5 Å². The molecule has 2 atom stereocenters. The van der Waals surface area contributed by atoms with Crippen LogP contribution in [0.3, 0.4) is 0 Å². The van der Waals surface area contributed by atoms with E-state index in [9.17, 15) is 9.59 Å². The van der Waals surface area contributed by atoms with Crippen molar-refractivity contribution in [3.05, 3.63) is 0 Å². The Morgan fingerprint density at radius 2 is 1.33 bits per heavy atom. The summed E-state index contributed by atoms with van der Waals surface area (Å²) in [6, 6.07) is 0. The topological polar surface area (TPSA) is 34.1 Å². The molecule has 0 bridgehead atoms. The number of carbonyl (C=O) groups is 2. The van der Waals surface area contributed by atoms with E-state index >= 15 is 0 Å². The number of hydrogen-bond acceptors (Lipinski definition) is 2. The van der Waals surface area contributed by atoms with Crippen LogP contribution in [-0.2, 0) is 9.59 Å². The summed E-state index contributed by atoms with van der Waals surface area (Å²) < 4.78 is 0. The van der Waals surface area contributed by atoms with Crippen LogP contribution in [0.25, 0.3) is 0 Å². The highest BCUT2D eigenvalue weighted by Gasteiger charge is 2.15. The van der Waals surface area contributed by atoms with E-state index < -0.39 is 0 Å². The van der Waals surface area contributed by atoms with E-state index in [4.69, 9.17) is 23.2 Å². The van der Waals surface area contributed by atoms with E-state index in [1.165, 1.54) is 0 Å². The predicted molar refractivity (Wildman–Crippen MR) is 77.0 cm³/mol. The third kappa shape index (κ3) is 8.10. The maximum atomic E-state index is 11.1. The molecule has 0 aliphatic rings. The molecule has 0 fully saturated rings. The quantitative estimate of drug-likeness (QED) is 0.401. The summed E-state index contributed by atoms with van der Waals surface area (Å²) in [5, 5.41) is -0.434. The molecule has 0 aliphatic heterocycles. The summed E-state index contributed by atoms with van der Waals surface area (Å²) in [6.45, 7) is 4.04. The number of carbonyl (C=O) groups excluding carboxylic acids is 2. The van der Waals surface area contributed by atoms with Crippen LogP contribution in [0, 0.1) is 11.8 Å². The molecule has 106 valence electrons. The Labute approximate surface area is 120 Å². The Kier molecular flexibility index (Phi) is 10.8. The molecule has 2 nitrogen and oxygen atoms in total. The lowest BCUT2D eigenvalue weighted by molar-refractivity contribution is -0.116. The third-order valence-corrected chi connectivity index (χ3v) is 3.99. The molecule has 0 rings (SSSR count). The van der Waals surface area contributed by atoms with E-state index in [-0.39, 0.29) is 22.3 Å². The van der Waals surface area contributed by atoms with E-state index in [0.29, 0.717) is 0 Å². The molecule has 0 aromatic rings. The maximum absolute atomic E-state index is 11.1. The average Bonchev–Trinajstić information content (AvgIpc) is 2.31. The van der Waals surface area contributed by atoms with Gasteiger partial charge in [0.2, 0.25) is 10.5 Å². The lowest BCUT2D eigenvalue weighted by atomic mass is 9.95. The summed E-state index contributed by atoms with van der Waals surface area (Å²) in [5.74, 6) is 0.000983. The smallest absolute Gasteiger partial charge is 0.224 e. The highest BCUT2D eigenvalue weighted by atomic mass is 35.5. The van der Waals surface area contributed by atoms with Crippen molar-refractivity contribution < 1.29 is 9.59 Å². The Balaban J connectivity index is 3.71. The maximum Gasteiger partial charge on any atom is 0.224 e. The number of hydrogen-bond donors (Lipinski definition) is 0. The second-order valence-corrected chi connectivity index (χ2v) is 5.58. The van der Waals surface area contributed by atoms with Crippen LogP contribution in [0.15, 0.2) is 0 Å². The van der Waals surface area contributed by atoms with Crippen molar-refractivity contribution in [1.82, 2.24) is 0 Å². The molecule has 0 radical (unpaired) electrons. The molecule has 0 aliphatic carbocycles. The van der Waals surface area contributed by atoms with Gasteiger partial charge in [-0.2, -0.15) is 0 Å². The molecule has 2 unspecified atom stereocenters. The van der Waals surface area contributed by atoms with Crippen LogP contribution < -0.4 is 0 Å². The number of halogens is 2. The van der Waals surface area contributed by atoms with Crippen molar-refractivity contribution in [2.45, 2.75) is 65.2 Å². The van der Waals surface area contributed by atoms with E-state index in [0.717, 1.165) is 51.4 Å². The zero-order valence-corrected chi connectivity index (χ0v) is 12.9. The lowest BCUT2D eigenvalue weighted by Gasteiger charge is -2.12. The van der Waals surface area contributed by atoms with Gasteiger partial charge in [-0.15, -0.1) is 0 Å². The largest absolute Gasteiger partial charge is 0.281 e. The van der Waals surface area contributed by atoms with Crippen LogP contribution in [0.4, 0.5) is 0 Å². The fourth-order valence-electron chi connectivity index (χ4n) is 2.16. The van der Waals surface area contributed by atoms with Gasteiger partial charge in [-0.25, -0.2) is 0 Å². The molecule has 0 aromatic heterocycles. The van der Waals surface area contributed by atoms with Crippen molar-refractivity contribution in [2.75, 3.05) is 0 Å². The van der Waals surface area contributed by atoms with Crippen LogP contribution in [0.2, 0.25) is 0 Å². The first-order chi connectivity index (χ1) is 8.52. The summed E-state index contributed by atoms with van der Waals surface area (Å²) in [4.78, 5) is 22.2. The normalized spacial score (nSPS) is 14.2. The zero-order valence-electron chi connectivity index (χ0n) is 11.4. The molecule has 0 saturated heterocycles. The van der Waals surface area contributed by atoms with E-state index in [2.05, 4.69) is 6.92 Å². The summed E-state index contributed by atoms with van der Waals surface area (Å²) in [7, 11) is 0. The fraction of sp³-hybridized carbons (Fsp3) is 0.857. The van der Waals surface area contributed by atoms with Crippen molar-refractivity contribution in [3.8, 4) is 0 Å². The molecular formula is C14H24Cl2O2. The van der Waals surface area contributed by atoms with Gasteiger partial charge in [-0.05, 0) is 48.9 Å². The van der Waals surface area contributed by atoms with Crippen molar-refractivity contribution >= 4 is 33.7 Å². The summed E-state index contributed by atoms with van der Waals surface area (Å²) in [5.41, 5.74) is 0. The number of rotatable bonds is 11. The Hall–Kier alpha value is -0.0800. The van der Waals surface area contributed by atoms with Gasteiger partial charge in [0.1, 0.15) is 0 Å². The molecular weight excluding hydrogens is 271 g/mol. The minimum atomic E-state index is -0.225. The van der Waals surface area contributed by atoms with Crippen LogP contribution >= 0.6 is 23.2 Å². The minimum Gasteiger partial charge on any atom is -0.281 e. The molecule has 0 heterocycles. The van der Waals surface area contributed by atoms with Gasteiger partial charge in [-0.1, -0.05) is 39.5 Å². The minimum absolute atomic E-state index is 0.00670. The van der Waals surface area contributed by atoms with Gasteiger partial charge in [0.15, 0.2) is 0 Å². The van der Waals surface area contributed by atoms with E-state index in [1.54, 1.807) is 0 Å². The standard InChI is InChI=1S/C14H24Cl2O2/c1-3-8-12(14(16)18)10-7-5-6-9-11(4-2)13(15)17/h11-12H,3-10H2,1-2H3. The fourth-order valence-corrected chi connectivity index (χ4v) is 2.64. The Morgan fingerprint density at radius 1 is 0.833 bits per heavy atom. The van der Waals surface area contributed by atoms with Crippen LogP contribution in [0.5, 0.6) is 0 Å². The third-order valence-electron chi connectivity index (χ3n) is 3.38. The molecule has 0 saturated carbocycles. The van der Waals surface area contributed by atoms with Crippen molar-refractivity contribution in [2.24, 2.45) is 11.8 Å². The van der Waals surface area contributed by atoms with Gasteiger partial charge in [0.25, 0.3) is 0 Å². The molecule has 18 heavy (non-hydrogen) atoms. The first kappa shape index (κ1) is 17.9. The Bertz CT molecular complexity index is 254. The molecule has 0 amide bonds. The second-order valence-electron chi connectivity index (χ2n) is 4.84. The summed E-state index contributed by atoms with van der Waals surface area (Å²) in [6.07, 6.45) is 7.41. The first-order valence-electron chi connectivity index (χ1n) is 6.91. The van der Waals surface area contributed by atoms with Gasteiger partial charge in [0.05, 0.1) is 0 Å². The van der Waals surface area contributed by atoms with Gasteiger partial charge >= 0.3 is 0 Å². The van der Waals surface area contributed by atoms with Crippen molar-refractivity contribution in [3.63, 3.8) is 0 Å². The highest BCUT2D eigenvalue weighted by molar-refractivity contribution is 6.64. The zero-order chi connectivity index (χ0) is 14.0. The molecule has 0 aromatic carbocycles. The SMILES string of the molecule is CCCC(CCCCCC(CC)C(=O)Cl)C(=O)Cl. The lowest BCUT2D eigenvalue weighted by Crippen LogP contribution is -2.09. The molecule has 0 N–H and O–H groups in total. The van der Waals surface area contributed by atoms with Gasteiger partial charge in [-0.3, -0.25) is 9.59 Å². The van der Waals surface area contributed by atoms with Crippen LogP contribution in [0.1, 0.15) is 65.2 Å². The monoisotopic (exact) mass is 294 g/mol. The van der Waals surface area contributed by atoms with Gasteiger partial charge < -0.3 is 0 Å². The average molecular weight is 295 g/mol. The van der Waals surface area contributed by atoms with Crippen molar-refractivity contribution in [1.29, 1.82) is 0 Å². The highest BCUT2D eigenvalue weighted by Crippen LogP contribution is 2.21.